The van der Waals surface area contributed by atoms with Crippen molar-refractivity contribution in [3.05, 3.63) is 58.3 Å². The Hall–Kier alpha value is -1.98. The monoisotopic (exact) mass is 302 g/mol. The number of nitrogens with one attached hydrogen (secondary N) is 2. The fourth-order valence-electron chi connectivity index (χ4n) is 1.56. The summed E-state index contributed by atoms with van der Waals surface area (Å²) < 4.78 is 0. The quantitative estimate of drug-likeness (QED) is 0.672. The number of carbonyl (C=O) groups is 1. The van der Waals surface area contributed by atoms with E-state index in [0.29, 0.717) is 5.11 Å². The summed E-state index contributed by atoms with van der Waals surface area (Å²) in [5.74, 6) is -0.246. The van der Waals surface area contributed by atoms with Crippen LogP contribution in [0.3, 0.4) is 0 Å². The van der Waals surface area contributed by atoms with Crippen LogP contribution in [-0.2, 0) is 4.79 Å². The molecule has 0 spiro atoms. The van der Waals surface area contributed by atoms with E-state index in [1.807, 2.05) is 48.7 Å². The second-order valence-corrected chi connectivity index (χ2v) is 5.49. The summed E-state index contributed by atoms with van der Waals surface area (Å²) in [6.07, 6.45) is 3.23. The van der Waals surface area contributed by atoms with Gasteiger partial charge in [-0.2, -0.15) is 0 Å². The molecule has 1 amide bonds. The van der Waals surface area contributed by atoms with E-state index in [4.69, 9.17) is 12.2 Å². The summed E-state index contributed by atoms with van der Waals surface area (Å²) >= 11 is 6.68. The predicted molar refractivity (Wildman–Crippen MR) is 88.9 cm³/mol. The van der Waals surface area contributed by atoms with E-state index in [2.05, 4.69) is 10.6 Å². The van der Waals surface area contributed by atoms with Gasteiger partial charge in [0.2, 0.25) is 5.91 Å². The number of anilines is 1. The lowest BCUT2D eigenvalue weighted by Crippen LogP contribution is -2.33. The first-order chi connectivity index (χ1) is 9.65. The Labute approximate surface area is 127 Å². The Kier molecular flexibility index (Phi) is 5.03. The van der Waals surface area contributed by atoms with Crippen LogP contribution in [0.1, 0.15) is 10.4 Å². The van der Waals surface area contributed by atoms with Crippen molar-refractivity contribution in [1.29, 1.82) is 0 Å². The van der Waals surface area contributed by atoms with Gasteiger partial charge < -0.3 is 5.32 Å². The van der Waals surface area contributed by atoms with Gasteiger partial charge in [-0.3, -0.25) is 10.1 Å². The number of rotatable bonds is 3. The molecule has 0 fully saturated rings. The number of aryl methyl sites for hydroxylation is 1. The van der Waals surface area contributed by atoms with Gasteiger partial charge in [-0.15, -0.1) is 11.3 Å². The van der Waals surface area contributed by atoms with E-state index in [1.165, 1.54) is 6.08 Å². The van der Waals surface area contributed by atoms with Crippen LogP contribution in [0.25, 0.3) is 6.08 Å². The van der Waals surface area contributed by atoms with E-state index >= 15 is 0 Å². The highest BCUT2D eigenvalue weighted by molar-refractivity contribution is 7.80. The van der Waals surface area contributed by atoms with Gasteiger partial charge in [0.1, 0.15) is 0 Å². The van der Waals surface area contributed by atoms with Crippen LogP contribution in [0, 0.1) is 6.92 Å². The first-order valence-electron chi connectivity index (χ1n) is 6.04. The number of hydrogen-bond donors (Lipinski definition) is 2. The second-order valence-electron chi connectivity index (χ2n) is 4.11. The zero-order chi connectivity index (χ0) is 14.4. The molecule has 0 aliphatic rings. The molecule has 3 nitrogen and oxygen atoms in total. The maximum atomic E-state index is 11.7. The fraction of sp³-hybridized carbons (Fsp3) is 0.0667. The third kappa shape index (κ3) is 4.29. The minimum atomic E-state index is -0.246. The molecule has 0 radical (unpaired) electrons. The summed E-state index contributed by atoms with van der Waals surface area (Å²) in [7, 11) is 0. The number of hydrogen-bond acceptors (Lipinski definition) is 3. The van der Waals surface area contributed by atoms with E-state index < -0.39 is 0 Å². The van der Waals surface area contributed by atoms with Gasteiger partial charge in [0, 0.05) is 16.6 Å². The first kappa shape index (κ1) is 14.4. The van der Waals surface area contributed by atoms with E-state index in [0.717, 1.165) is 16.1 Å². The summed E-state index contributed by atoms with van der Waals surface area (Å²) in [5, 5.41) is 7.87. The van der Waals surface area contributed by atoms with Crippen molar-refractivity contribution in [2.45, 2.75) is 6.92 Å². The molecular formula is C15H14N2OS2. The topological polar surface area (TPSA) is 41.1 Å². The smallest absolute Gasteiger partial charge is 0.250 e. The highest BCUT2D eigenvalue weighted by Gasteiger charge is 2.03. The molecule has 2 rings (SSSR count). The number of thiophene rings is 1. The number of benzene rings is 1. The zero-order valence-corrected chi connectivity index (χ0v) is 12.6. The molecule has 2 N–H and O–H groups in total. The minimum Gasteiger partial charge on any atom is -0.332 e. The fourth-order valence-corrected chi connectivity index (χ4v) is 2.39. The molecule has 0 bridgehead atoms. The van der Waals surface area contributed by atoms with Crippen molar-refractivity contribution >= 4 is 46.3 Å². The predicted octanol–water partition coefficient (Wildman–Crippen LogP) is 3.58. The SMILES string of the molecule is Cc1ccccc1NC(=S)NC(=O)/C=C/c1cccs1. The van der Waals surface area contributed by atoms with Crippen molar-refractivity contribution < 1.29 is 4.79 Å². The maximum absolute atomic E-state index is 11.7. The Morgan fingerprint density at radius 1 is 1.25 bits per heavy atom. The summed E-state index contributed by atoms with van der Waals surface area (Å²) in [5.41, 5.74) is 1.96. The number of para-hydroxylation sites is 1. The number of carbonyl (C=O) groups excluding carboxylic acids is 1. The van der Waals surface area contributed by atoms with Crippen molar-refractivity contribution in [3.63, 3.8) is 0 Å². The van der Waals surface area contributed by atoms with Crippen molar-refractivity contribution in [2.24, 2.45) is 0 Å². The normalized spacial score (nSPS) is 10.4. The minimum absolute atomic E-state index is 0.246. The Bertz CT molecular complexity index is 633. The van der Waals surface area contributed by atoms with Crippen LogP contribution in [0.4, 0.5) is 5.69 Å². The molecule has 0 atom stereocenters. The highest BCUT2D eigenvalue weighted by Crippen LogP contribution is 2.13. The van der Waals surface area contributed by atoms with E-state index in [9.17, 15) is 4.79 Å². The molecule has 0 aliphatic heterocycles. The van der Waals surface area contributed by atoms with Crippen LogP contribution in [0.5, 0.6) is 0 Å². The zero-order valence-electron chi connectivity index (χ0n) is 10.9. The van der Waals surface area contributed by atoms with Crippen LogP contribution < -0.4 is 10.6 Å². The van der Waals surface area contributed by atoms with Gasteiger partial charge in [-0.25, -0.2) is 0 Å². The molecule has 102 valence electrons. The third-order valence-corrected chi connectivity index (χ3v) is 3.61. The number of amides is 1. The Morgan fingerprint density at radius 3 is 2.75 bits per heavy atom. The lowest BCUT2D eigenvalue weighted by Gasteiger charge is -2.10. The first-order valence-corrected chi connectivity index (χ1v) is 7.33. The number of thiocarbonyl (C=S) groups is 1. The van der Waals surface area contributed by atoms with Gasteiger partial charge in [0.25, 0.3) is 0 Å². The van der Waals surface area contributed by atoms with Gasteiger partial charge in [-0.05, 0) is 48.3 Å². The standard InChI is InChI=1S/C15H14N2OS2/c1-11-5-2-3-7-13(11)16-15(19)17-14(18)9-8-12-6-4-10-20-12/h2-10H,1H3,(H2,16,17,18,19)/b9-8+. The second kappa shape index (κ2) is 6.98. The van der Waals surface area contributed by atoms with Crippen LogP contribution in [0.2, 0.25) is 0 Å². The lowest BCUT2D eigenvalue weighted by molar-refractivity contribution is -0.115. The van der Waals surface area contributed by atoms with Crippen molar-refractivity contribution in [2.75, 3.05) is 5.32 Å². The average molecular weight is 302 g/mol. The van der Waals surface area contributed by atoms with Crippen LogP contribution in [0.15, 0.2) is 47.9 Å². The molecule has 1 heterocycles. The molecule has 2 aromatic rings. The maximum Gasteiger partial charge on any atom is 0.250 e. The molecule has 1 aromatic carbocycles. The van der Waals surface area contributed by atoms with Crippen molar-refractivity contribution in [1.82, 2.24) is 5.32 Å². The molecule has 0 unspecified atom stereocenters. The van der Waals surface area contributed by atoms with Crippen molar-refractivity contribution in [3.8, 4) is 0 Å². The molecule has 20 heavy (non-hydrogen) atoms. The van der Waals surface area contributed by atoms with E-state index in [-0.39, 0.29) is 5.91 Å². The average Bonchev–Trinajstić information content (AvgIpc) is 2.92. The van der Waals surface area contributed by atoms with Crippen LogP contribution >= 0.6 is 23.6 Å². The largest absolute Gasteiger partial charge is 0.332 e. The summed E-state index contributed by atoms with van der Waals surface area (Å²) in [6, 6.07) is 11.6. The molecule has 0 saturated carbocycles. The molecule has 5 heteroatoms. The molecule has 0 aliphatic carbocycles. The molecule has 1 aromatic heterocycles. The molecular weight excluding hydrogens is 288 g/mol. The van der Waals surface area contributed by atoms with Gasteiger partial charge >= 0.3 is 0 Å². The lowest BCUT2D eigenvalue weighted by atomic mass is 10.2. The van der Waals surface area contributed by atoms with Gasteiger partial charge in [-0.1, -0.05) is 24.3 Å². The summed E-state index contributed by atoms with van der Waals surface area (Å²) in [6.45, 7) is 1.98. The Morgan fingerprint density at radius 2 is 2.05 bits per heavy atom. The molecule has 0 saturated heterocycles. The Balaban J connectivity index is 1.88. The van der Waals surface area contributed by atoms with E-state index in [1.54, 1.807) is 17.4 Å². The van der Waals surface area contributed by atoms with Gasteiger partial charge in [0.15, 0.2) is 5.11 Å². The summed E-state index contributed by atoms with van der Waals surface area (Å²) in [4.78, 5) is 12.7. The highest BCUT2D eigenvalue weighted by atomic mass is 32.1. The van der Waals surface area contributed by atoms with Crippen LogP contribution in [-0.4, -0.2) is 11.0 Å². The third-order valence-electron chi connectivity index (χ3n) is 2.57. The van der Waals surface area contributed by atoms with Gasteiger partial charge in [0.05, 0.1) is 0 Å².